The van der Waals surface area contributed by atoms with Crippen molar-refractivity contribution in [2.24, 2.45) is 0 Å². The Bertz CT molecular complexity index is 375. The van der Waals surface area contributed by atoms with E-state index in [1.807, 2.05) is 7.05 Å². The highest BCUT2D eigenvalue weighted by atomic mass is 16.4. The predicted molar refractivity (Wildman–Crippen MR) is 57.2 cm³/mol. The molecular formula is C11H14N2O2. The Morgan fingerprint density at radius 2 is 2.33 bits per heavy atom. The number of carbonyl (C=O) groups is 1. The van der Waals surface area contributed by atoms with Crippen molar-refractivity contribution in [1.82, 2.24) is 4.98 Å². The van der Waals surface area contributed by atoms with E-state index in [1.54, 1.807) is 12.3 Å². The number of aromatic nitrogens is 1. The summed E-state index contributed by atoms with van der Waals surface area (Å²) in [5, 5.41) is 8.85. The maximum absolute atomic E-state index is 10.8. The predicted octanol–water partition coefficient (Wildman–Crippen LogP) is 1.77. The molecular weight excluding hydrogens is 192 g/mol. The van der Waals surface area contributed by atoms with E-state index in [1.165, 1.54) is 25.3 Å². The summed E-state index contributed by atoms with van der Waals surface area (Å²) in [4.78, 5) is 17.0. The lowest BCUT2D eigenvalue weighted by molar-refractivity contribution is 0.0697. The van der Waals surface area contributed by atoms with Gasteiger partial charge in [0.2, 0.25) is 0 Å². The summed E-state index contributed by atoms with van der Waals surface area (Å²) < 4.78 is 0. The molecule has 0 amide bonds. The van der Waals surface area contributed by atoms with E-state index in [0.717, 1.165) is 5.82 Å². The highest BCUT2D eigenvalue weighted by molar-refractivity contribution is 5.88. The van der Waals surface area contributed by atoms with E-state index in [4.69, 9.17) is 5.11 Å². The summed E-state index contributed by atoms with van der Waals surface area (Å²) in [5.74, 6) is -0.153. The van der Waals surface area contributed by atoms with Crippen LogP contribution in [0.25, 0.3) is 0 Å². The fraction of sp³-hybridized carbons (Fsp3) is 0.455. The minimum Gasteiger partial charge on any atom is -0.478 e. The second-order valence-electron chi connectivity index (χ2n) is 3.90. The number of hydrogen-bond acceptors (Lipinski definition) is 3. The lowest BCUT2D eigenvalue weighted by Crippen LogP contribution is -2.37. The van der Waals surface area contributed by atoms with Gasteiger partial charge in [-0.3, -0.25) is 0 Å². The second-order valence-corrected chi connectivity index (χ2v) is 3.90. The minimum absolute atomic E-state index is 0.297. The third-order valence-corrected chi connectivity index (χ3v) is 2.98. The summed E-state index contributed by atoms with van der Waals surface area (Å²) in [5.41, 5.74) is 0.297. The molecule has 0 saturated heterocycles. The monoisotopic (exact) mass is 206 g/mol. The molecule has 4 nitrogen and oxygen atoms in total. The van der Waals surface area contributed by atoms with Crippen LogP contribution in [0.15, 0.2) is 18.3 Å². The van der Waals surface area contributed by atoms with Gasteiger partial charge in [-0.05, 0) is 31.4 Å². The molecule has 0 bridgehead atoms. The van der Waals surface area contributed by atoms with Gasteiger partial charge in [-0.25, -0.2) is 9.78 Å². The average Bonchev–Trinajstić information content (AvgIpc) is 2.15. The van der Waals surface area contributed by atoms with Crippen LogP contribution in [0.1, 0.15) is 29.6 Å². The maximum Gasteiger partial charge on any atom is 0.335 e. The molecule has 1 fully saturated rings. The van der Waals surface area contributed by atoms with Gasteiger partial charge < -0.3 is 10.0 Å². The molecule has 1 aromatic rings. The number of pyridine rings is 1. The van der Waals surface area contributed by atoms with Gasteiger partial charge >= 0.3 is 5.97 Å². The fourth-order valence-electron chi connectivity index (χ4n) is 1.71. The smallest absolute Gasteiger partial charge is 0.335 e. The van der Waals surface area contributed by atoms with E-state index in [2.05, 4.69) is 9.88 Å². The van der Waals surface area contributed by atoms with Gasteiger partial charge in [0.1, 0.15) is 5.82 Å². The molecule has 1 heterocycles. The van der Waals surface area contributed by atoms with Crippen LogP contribution in [0.5, 0.6) is 0 Å². The van der Waals surface area contributed by atoms with Crippen molar-refractivity contribution in [3.63, 3.8) is 0 Å². The first-order valence-corrected chi connectivity index (χ1v) is 5.10. The number of carboxylic acids is 1. The van der Waals surface area contributed by atoms with Crippen molar-refractivity contribution < 1.29 is 9.90 Å². The quantitative estimate of drug-likeness (QED) is 0.818. The van der Waals surface area contributed by atoms with Crippen LogP contribution in [0.4, 0.5) is 5.82 Å². The zero-order chi connectivity index (χ0) is 10.8. The van der Waals surface area contributed by atoms with Crippen LogP contribution in [-0.4, -0.2) is 29.1 Å². The van der Waals surface area contributed by atoms with Crippen molar-refractivity contribution in [3.05, 3.63) is 23.9 Å². The number of hydrogen-bond donors (Lipinski definition) is 1. The van der Waals surface area contributed by atoms with E-state index in [-0.39, 0.29) is 0 Å². The van der Waals surface area contributed by atoms with Crippen LogP contribution >= 0.6 is 0 Å². The molecule has 1 saturated carbocycles. The topological polar surface area (TPSA) is 53.4 Å². The van der Waals surface area contributed by atoms with Gasteiger partial charge in [0.15, 0.2) is 0 Å². The van der Waals surface area contributed by atoms with Crippen molar-refractivity contribution in [1.29, 1.82) is 0 Å². The Balaban J connectivity index is 2.19. The molecule has 0 aromatic carbocycles. The number of carboxylic acid groups (broad SMARTS) is 1. The molecule has 0 unspecified atom stereocenters. The summed E-state index contributed by atoms with van der Waals surface area (Å²) in [6, 6.07) is 3.67. The second kappa shape index (κ2) is 3.88. The van der Waals surface area contributed by atoms with Crippen LogP contribution in [-0.2, 0) is 0 Å². The first-order chi connectivity index (χ1) is 7.18. The zero-order valence-corrected chi connectivity index (χ0v) is 8.68. The number of aromatic carboxylic acids is 1. The third kappa shape index (κ3) is 1.93. The molecule has 2 rings (SSSR count). The SMILES string of the molecule is CN(c1cc(C(=O)O)ccn1)C1CCC1. The molecule has 15 heavy (non-hydrogen) atoms. The molecule has 0 aliphatic heterocycles. The number of nitrogens with zero attached hydrogens (tertiary/aromatic N) is 2. The van der Waals surface area contributed by atoms with E-state index in [0.29, 0.717) is 11.6 Å². The van der Waals surface area contributed by atoms with Gasteiger partial charge in [0.05, 0.1) is 5.56 Å². The van der Waals surface area contributed by atoms with Gasteiger partial charge in [-0.2, -0.15) is 0 Å². The molecule has 1 aliphatic rings. The van der Waals surface area contributed by atoms with Gasteiger partial charge in [0.25, 0.3) is 0 Å². The zero-order valence-electron chi connectivity index (χ0n) is 8.68. The van der Waals surface area contributed by atoms with E-state index >= 15 is 0 Å². The molecule has 0 radical (unpaired) electrons. The number of anilines is 1. The molecule has 4 heteroatoms. The normalized spacial score (nSPS) is 15.8. The van der Waals surface area contributed by atoms with Crippen LogP contribution in [0, 0.1) is 0 Å². The summed E-state index contributed by atoms with van der Waals surface area (Å²) >= 11 is 0. The molecule has 0 atom stereocenters. The molecule has 1 N–H and O–H groups in total. The third-order valence-electron chi connectivity index (χ3n) is 2.98. The average molecular weight is 206 g/mol. The van der Waals surface area contributed by atoms with E-state index < -0.39 is 5.97 Å². The molecule has 1 aromatic heterocycles. The van der Waals surface area contributed by atoms with Crippen molar-refractivity contribution in [2.45, 2.75) is 25.3 Å². The first kappa shape index (κ1) is 9.96. The van der Waals surface area contributed by atoms with Gasteiger partial charge in [-0.1, -0.05) is 0 Å². The lowest BCUT2D eigenvalue weighted by atomic mass is 9.92. The fourth-order valence-corrected chi connectivity index (χ4v) is 1.71. The number of rotatable bonds is 3. The maximum atomic E-state index is 10.8. The van der Waals surface area contributed by atoms with Crippen LogP contribution < -0.4 is 4.90 Å². The highest BCUT2D eigenvalue weighted by Crippen LogP contribution is 2.27. The molecule has 80 valence electrons. The van der Waals surface area contributed by atoms with Gasteiger partial charge in [-0.15, -0.1) is 0 Å². The Morgan fingerprint density at radius 1 is 1.60 bits per heavy atom. The van der Waals surface area contributed by atoms with E-state index in [9.17, 15) is 4.79 Å². The standard InChI is InChI=1S/C11H14N2O2/c1-13(9-3-2-4-9)10-7-8(11(14)15)5-6-12-10/h5-7,9H,2-4H2,1H3,(H,14,15). The van der Waals surface area contributed by atoms with Gasteiger partial charge in [0, 0.05) is 19.3 Å². The Kier molecular flexibility index (Phi) is 2.58. The summed E-state index contributed by atoms with van der Waals surface area (Å²) in [6.07, 6.45) is 5.16. The van der Waals surface area contributed by atoms with Crippen LogP contribution in [0.3, 0.4) is 0 Å². The van der Waals surface area contributed by atoms with Crippen molar-refractivity contribution in [2.75, 3.05) is 11.9 Å². The lowest BCUT2D eigenvalue weighted by Gasteiger charge is -2.35. The Morgan fingerprint density at radius 3 is 2.87 bits per heavy atom. The van der Waals surface area contributed by atoms with Crippen LogP contribution in [0.2, 0.25) is 0 Å². The summed E-state index contributed by atoms with van der Waals surface area (Å²) in [6.45, 7) is 0. The highest BCUT2D eigenvalue weighted by Gasteiger charge is 2.23. The Hall–Kier alpha value is -1.58. The largest absolute Gasteiger partial charge is 0.478 e. The minimum atomic E-state index is -0.902. The molecule has 1 aliphatic carbocycles. The summed E-state index contributed by atoms with van der Waals surface area (Å²) in [7, 11) is 1.97. The molecule has 0 spiro atoms. The first-order valence-electron chi connectivity index (χ1n) is 5.10. The van der Waals surface area contributed by atoms with Crippen molar-refractivity contribution >= 4 is 11.8 Å². The van der Waals surface area contributed by atoms with Crippen molar-refractivity contribution in [3.8, 4) is 0 Å². The Labute approximate surface area is 88.6 Å².